The minimum atomic E-state index is -3.30. The standard InChI is InChI=1S/C20H24N2O4S/c1-14(17-7-5-6-8-19(17)26-3)21(2)20(23)16-9-10-18-15(13-16)11-12-22(18)27(4,24)25/h5-10,13-14H,11-12H2,1-4H3. The molecule has 27 heavy (non-hydrogen) atoms. The van der Waals surface area contributed by atoms with Gasteiger partial charge in [-0.25, -0.2) is 8.42 Å². The Labute approximate surface area is 160 Å². The van der Waals surface area contributed by atoms with Gasteiger partial charge in [-0.15, -0.1) is 0 Å². The van der Waals surface area contributed by atoms with Gasteiger partial charge in [-0.05, 0) is 43.2 Å². The normalized spacial score (nSPS) is 14.6. The topological polar surface area (TPSA) is 66.9 Å². The Bertz CT molecular complexity index is 972. The van der Waals surface area contributed by atoms with Crippen molar-refractivity contribution in [3.8, 4) is 5.75 Å². The number of sulfonamides is 1. The summed E-state index contributed by atoms with van der Waals surface area (Å²) in [6.07, 6.45) is 1.80. The van der Waals surface area contributed by atoms with Crippen LogP contribution in [0.2, 0.25) is 0 Å². The Balaban J connectivity index is 1.86. The molecule has 1 unspecified atom stereocenters. The summed E-state index contributed by atoms with van der Waals surface area (Å²) in [6.45, 7) is 2.37. The third kappa shape index (κ3) is 3.64. The van der Waals surface area contributed by atoms with Gasteiger partial charge in [0.2, 0.25) is 10.0 Å². The minimum absolute atomic E-state index is 0.117. The Morgan fingerprint density at radius 3 is 2.59 bits per heavy atom. The molecule has 1 aliphatic rings. The summed E-state index contributed by atoms with van der Waals surface area (Å²) in [6, 6.07) is 12.7. The van der Waals surface area contributed by atoms with Gasteiger partial charge >= 0.3 is 0 Å². The predicted molar refractivity (Wildman–Crippen MR) is 106 cm³/mol. The average molecular weight is 388 g/mol. The van der Waals surface area contributed by atoms with Crippen molar-refractivity contribution in [3.05, 3.63) is 59.2 Å². The minimum Gasteiger partial charge on any atom is -0.496 e. The summed E-state index contributed by atoms with van der Waals surface area (Å²) < 4.78 is 30.5. The van der Waals surface area contributed by atoms with Crippen LogP contribution in [-0.2, 0) is 16.4 Å². The van der Waals surface area contributed by atoms with Crippen molar-refractivity contribution >= 4 is 21.6 Å². The molecule has 2 aromatic carbocycles. The van der Waals surface area contributed by atoms with Gasteiger partial charge in [-0.2, -0.15) is 0 Å². The van der Waals surface area contributed by atoms with E-state index in [1.165, 1.54) is 10.6 Å². The van der Waals surface area contributed by atoms with Gasteiger partial charge in [0.25, 0.3) is 5.91 Å². The smallest absolute Gasteiger partial charge is 0.254 e. The highest BCUT2D eigenvalue weighted by Crippen LogP contribution is 2.32. The number of benzene rings is 2. The molecular weight excluding hydrogens is 364 g/mol. The molecule has 6 nitrogen and oxygen atoms in total. The number of hydrogen-bond donors (Lipinski definition) is 0. The van der Waals surface area contributed by atoms with Gasteiger partial charge in [0.1, 0.15) is 5.75 Å². The first-order chi connectivity index (χ1) is 12.7. The maximum Gasteiger partial charge on any atom is 0.254 e. The molecule has 7 heteroatoms. The van der Waals surface area contributed by atoms with Crippen molar-refractivity contribution in [2.75, 3.05) is 31.3 Å². The van der Waals surface area contributed by atoms with E-state index >= 15 is 0 Å². The second-order valence-corrected chi connectivity index (χ2v) is 8.67. The molecule has 1 atom stereocenters. The number of amides is 1. The second kappa shape index (κ2) is 7.23. The van der Waals surface area contributed by atoms with Crippen molar-refractivity contribution in [2.24, 2.45) is 0 Å². The highest BCUT2D eigenvalue weighted by atomic mass is 32.2. The molecule has 0 aromatic heterocycles. The Morgan fingerprint density at radius 2 is 1.93 bits per heavy atom. The van der Waals surface area contributed by atoms with Crippen molar-refractivity contribution in [2.45, 2.75) is 19.4 Å². The Hall–Kier alpha value is -2.54. The van der Waals surface area contributed by atoms with E-state index in [1.807, 2.05) is 31.2 Å². The van der Waals surface area contributed by atoms with Gasteiger partial charge in [0, 0.05) is 24.7 Å². The number of methoxy groups -OCH3 is 1. The van der Waals surface area contributed by atoms with Gasteiger partial charge in [-0.1, -0.05) is 18.2 Å². The highest BCUT2D eigenvalue weighted by Gasteiger charge is 2.28. The lowest BCUT2D eigenvalue weighted by Gasteiger charge is -2.27. The van der Waals surface area contributed by atoms with Crippen molar-refractivity contribution in [1.29, 1.82) is 0 Å². The summed E-state index contributed by atoms with van der Waals surface area (Å²) in [7, 11) is 0.0735. The predicted octanol–water partition coefficient (Wildman–Crippen LogP) is 2.85. The fourth-order valence-corrected chi connectivity index (χ4v) is 4.41. The lowest BCUT2D eigenvalue weighted by Crippen LogP contribution is -2.30. The van der Waals surface area contributed by atoms with E-state index in [0.29, 0.717) is 24.2 Å². The highest BCUT2D eigenvalue weighted by molar-refractivity contribution is 7.92. The summed E-state index contributed by atoms with van der Waals surface area (Å²) in [5.41, 5.74) is 3.02. The maximum absolute atomic E-state index is 13.0. The molecule has 0 bridgehead atoms. The molecule has 2 aromatic rings. The van der Waals surface area contributed by atoms with Crippen LogP contribution in [0.5, 0.6) is 5.75 Å². The first-order valence-electron chi connectivity index (χ1n) is 8.74. The van der Waals surface area contributed by atoms with Crippen LogP contribution < -0.4 is 9.04 Å². The molecule has 0 aliphatic carbocycles. The number of ether oxygens (including phenoxy) is 1. The Kier molecular flexibility index (Phi) is 5.15. The summed E-state index contributed by atoms with van der Waals surface area (Å²) in [5, 5.41) is 0. The first-order valence-corrected chi connectivity index (χ1v) is 10.6. The van der Waals surface area contributed by atoms with Crippen LogP contribution in [0.4, 0.5) is 5.69 Å². The molecule has 0 N–H and O–H groups in total. The van der Waals surface area contributed by atoms with Crippen molar-refractivity contribution in [3.63, 3.8) is 0 Å². The van der Waals surface area contributed by atoms with Gasteiger partial charge < -0.3 is 9.64 Å². The van der Waals surface area contributed by atoms with E-state index in [1.54, 1.807) is 37.3 Å². The SMILES string of the molecule is COc1ccccc1C(C)N(C)C(=O)c1ccc2c(c1)CCN2S(C)(=O)=O. The third-order valence-electron chi connectivity index (χ3n) is 5.07. The van der Waals surface area contributed by atoms with E-state index in [-0.39, 0.29) is 11.9 Å². The summed E-state index contributed by atoms with van der Waals surface area (Å²) in [4.78, 5) is 14.7. The largest absolute Gasteiger partial charge is 0.496 e. The molecule has 0 fully saturated rings. The fourth-order valence-electron chi connectivity index (χ4n) is 3.45. The van der Waals surface area contributed by atoms with E-state index in [9.17, 15) is 13.2 Å². The molecule has 0 radical (unpaired) electrons. The second-order valence-electron chi connectivity index (χ2n) is 6.76. The molecule has 1 heterocycles. The molecule has 1 amide bonds. The number of carbonyl (C=O) groups is 1. The van der Waals surface area contributed by atoms with Crippen LogP contribution >= 0.6 is 0 Å². The zero-order valence-corrected chi connectivity index (χ0v) is 16.8. The van der Waals surface area contributed by atoms with Gasteiger partial charge in [0.15, 0.2) is 0 Å². The van der Waals surface area contributed by atoms with E-state index in [0.717, 1.165) is 16.9 Å². The molecular formula is C20H24N2O4S. The van der Waals surface area contributed by atoms with Crippen molar-refractivity contribution in [1.82, 2.24) is 4.90 Å². The molecule has 0 saturated heterocycles. The average Bonchev–Trinajstić information content (AvgIpc) is 3.09. The Morgan fingerprint density at radius 1 is 1.22 bits per heavy atom. The number of para-hydroxylation sites is 1. The monoisotopic (exact) mass is 388 g/mol. The fraction of sp³-hybridized carbons (Fsp3) is 0.350. The van der Waals surface area contributed by atoms with Crippen LogP contribution in [0.1, 0.15) is 34.5 Å². The molecule has 0 saturated carbocycles. The van der Waals surface area contributed by atoms with Gasteiger partial charge in [0.05, 0.1) is 25.1 Å². The number of carbonyl (C=O) groups excluding carboxylic acids is 1. The third-order valence-corrected chi connectivity index (χ3v) is 6.25. The number of hydrogen-bond acceptors (Lipinski definition) is 4. The summed E-state index contributed by atoms with van der Waals surface area (Å²) >= 11 is 0. The number of anilines is 1. The summed E-state index contributed by atoms with van der Waals surface area (Å²) in [5.74, 6) is 0.622. The van der Waals surface area contributed by atoms with Crippen molar-refractivity contribution < 1.29 is 17.9 Å². The van der Waals surface area contributed by atoms with E-state index in [2.05, 4.69) is 0 Å². The molecule has 0 spiro atoms. The zero-order chi connectivity index (χ0) is 19.8. The molecule has 1 aliphatic heterocycles. The van der Waals surface area contributed by atoms with Crippen LogP contribution in [0, 0.1) is 0 Å². The van der Waals surface area contributed by atoms with Crippen LogP contribution in [0.3, 0.4) is 0 Å². The molecule has 144 valence electrons. The number of rotatable bonds is 5. The zero-order valence-electron chi connectivity index (χ0n) is 16.0. The van der Waals surface area contributed by atoms with Crippen LogP contribution in [-0.4, -0.2) is 46.2 Å². The lowest BCUT2D eigenvalue weighted by molar-refractivity contribution is 0.0741. The quantitative estimate of drug-likeness (QED) is 0.790. The number of fused-ring (bicyclic) bond motifs is 1. The molecule has 3 rings (SSSR count). The maximum atomic E-state index is 13.0. The lowest BCUT2D eigenvalue weighted by atomic mass is 10.0. The van der Waals surface area contributed by atoms with E-state index in [4.69, 9.17) is 4.74 Å². The van der Waals surface area contributed by atoms with Crippen LogP contribution in [0.25, 0.3) is 0 Å². The van der Waals surface area contributed by atoms with Gasteiger partial charge in [-0.3, -0.25) is 9.10 Å². The van der Waals surface area contributed by atoms with Crippen LogP contribution in [0.15, 0.2) is 42.5 Å². The first kappa shape index (κ1) is 19.2. The van der Waals surface area contributed by atoms with E-state index < -0.39 is 10.0 Å². The number of nitrogens with zero attached hydrogens (tertiary/aromatic N) is 2.